The topological polar surface area (TPSA) is 51.2 Å². The lowest BCUT2D eigenvalue weighted by Gasteiger charge is -2.08. The first-order valence-corrected chi connectivity index (χ1v) is 7.90. The van der Waals surface area contributed by atoms with Crippen molar-refractivity contribution in [1.82, 2.24) is 10.3 Å². The molecule has 1 amide bonds. The van der Waals surface area contributed by atoms with Crippen LogP contribution in [0.3, 0.4) is 0 Å². The second-order valence-electron chi connectivity index (χ2n) is 4.82. The summed E-state index contributed by atoms with van der Waals surface area (Å²) in [5, 5.41) is 4.83. The highest BCUT2D eigenvalue weighted by molar-refractivity contribution is 7.11. The zero-order valence-electron chi connectivity index (χ0n) is 12.3. The molecule has 4 nitrogen and oxygen atoms in total. The molecular weight excluding hydrogens is 334 g/mol. The van der Waals surface area contributed by atoms with Gasteiger partial charge in [0.25, 0.3) is 11.1 Å². The molecule has 0 aliphatic rings. The van der Waals surface area contributed by atoms with Gasteiger partial charge in [-0.3, -0.25) is 4.79 Å². The van der Waals surface area contributed by atoms with E-state index in [1.807, 2.05) is 0 Å². The average molecular weight is 346 g/mol. The molecule has 3 rings (SSSR count). The van der Waals surface area contributed by atoms with E-state index in [4.69, 9.17) is 4.74 Å². The first-order chi connectivity index (χ1) is 11.6. The number of benzene rings is 2. The lowest BCUT2D eigenvalue weighted by atomic mass is 10.1. The van der Waals surface area contributed by atoms with Gasteiger partial charge in [-0.05, 0) is 29.8 Å². The lowest BCUT2D eigenvalue weighted by Crippen LogP contribution is -2.25. The maximum absolute atomic E-state index is 13.5. The van der Waals surface area contributed by atoms with E-state index in [2.05, 4.69) is 10.3 Å². The molecule has 0 saturated carbocycles. The summed E-state index contributed by atoms with van der Waals surface area (Å²) < 4.78 is 32.6. The molecule has 0 aliphatic heterocycles. The Balaban J connectivity index is 1.61. The monoisotopic (exact) mass is 346 g/mol. The highest BCUT2D eigenvalue weighted by Gasteiger charge is 2.16. The summed E-state index contributed by atoms with van der Waals surface area (Å²) in [5.41, 5.74) is 0.188. The Kier molecular flexibility index (Phi) is 4.81. The highest BCUT2D eigenvalue weighted by atomic mass is 32.1. The summed E-state index contributed by atoms with van der Waals surface area (Å²) in [4.78, 5) is 15.9. The summed E-state index contributed by atoms with van der Waals surface area (Å²) >= 11 is 1.38. The summed E-state index contributed by atoms with van der Waals surface area (Å²) in [6.07, 6.45) is 1.64. The molecule has 0 spiro atoms. The minimum Gasteiger partial charge on any atom is -0.431 e. The predicted octanol–water partition coefficient (Wildman–Crippen LogP) is 4.14. The van der Waals surface area contributed by atoms with Gasteiger partial charge in [0.1, 0.15) is 22.9 Å². The van der Waals surface area contributed by atoms with Crippen molar-refractivity contribution in [3.8, 4) is 10.9 Å². The van der Waals surface area contributed by atoms with Crippen molar-refractivity contribution in [3.63, 3.8) is 0 Å². The van der Waals surface area contributed by atoms with Crippen molar-refractivity contribution in [2.24, 2.45) is 0 Å². The second-order valence-corrected chi connectivity index (χ2v) is 5.68. The number of hydrogen-bond acceptors (Lipinski definition) is 4. The van der Waals surface area contributed by atoms with Gasteiger partial charge in [-0.1, -0.05) is 29.5 Å². The van der Waals surface area contributed by atoms with Crippen LogP contribution in [0.4, 0.5) is 8.78 Å². The number of ether oxygens (including phenoxy) is 1. The molecule has 0 saturated heterocycles. The molecule has 1 heterocycles. The number of amides is 1. The first-order valence-electron chi connectivity index (χ1n) is 7.02. The van der Waals surface area contributed by atoms with Crippen molar-refractivity contribution in [1.29, 1.82) is 0 Å². The Morgan fingerprint density at radius 1 is 1.12 bits per heavy atom. The van der Waals surface area contributed by atoms with Crippen LogP contribution in [0.5, 0.6) is 10.9 Å². The largest absolute Gasteiger partial charge is 0.431 e. The van der Waals surface area contributed by atoms with E-state index in [-0.39, 0.29) is 6.54 Å². The van der Waals surface area contributed by atoms with Crippen molar-refractivity contribution in [2.45, 2.75) is 6.54 Å². The smallest absolute Gasteiger partial charge is 0.278 e. The Bertz CT molecular complexity index is 816. The molecule has 3 aromatic rings. The predicted molar refractivity (Wildman–Crippen MR) is 86.2 cm³/mol. The third kappa shape index (κ3) is 3.75. The SMILES string of the molecule is O=C(NCc1ccc(Oc2nccs2)cc1)c1c(F)cccc1F. The van der Waals surface area contributed by atoms with E-state index in [1.165, 1.54) is 17.4 Å². The van der Waals surface area contributed by atoms with Crippen molar-refractivity contribution in [2.75, 3.05) is 0 Å². The molecule has 2 aromatic carbocycles. The molecule has 24 heavy (non-hydrogen) atoms. The Morgan fingerprint density at radius 3 is 2.46 bits per heavy atom. The highest BCUT2D eigenvalue weighted by Crippen LogP contribution is 2.23. The average Bonchev–Trinajstić information content (AvgIpc) is 3.07. The molecule has 0 aliphatic carbocycles. The fraction of sp³-hybridized carbons (Fsp3) is 0.0588. The number of nitrogens with zero attached hydrogens (tertiary/aromatic N) is 1. The number of hydrogen-bond donors (Lipinski definition) is 1. The fourth-order valence-corrected chi connectivity index (χ4v) is 2.53. The third-order valence-electron chi connectivity index (χ3n) is 3.18. The van der Waals surface area contributed by atoms with Gasteiger partial charge >= 0.3 is 0 Å². The number of halogens is 2. The van der Waals surface area contributed by atoms with Crippen LogP contribution in [-0.2, 0) is 6.54 Å². The molecule has 1 aromatic heterocycles. The number of aromatic nitrogens is 1. The zero-order valence-corrected chi connectivity index (χ0v) is 13.1. The third-order valence-corrected chi connectivity index (χ3v) is 3.83. The number of rotatable bonds is 5. The van der Waals surface area contributed by atoms with E-state index >= 15 is 0 Å². The van der Waals surface area contributed by atoms with Crippen LogP contribution in [0.2, 0.25) is 0 Å². The molecule has 0 radical (unpaired) electrons. The van der Waals surface area contributed by atoms with Crippen LogP contribution in [0.25, 0.3) is 0 Å². The van der Waals surface area contributed by atoms with E-state index in [1.54, 1.807) is 35.8 Å². The van der Waals surface area contributed by atoms with Crippen molar-refractivity contribution in [3.05, 3.63) is 76.8 Å². The second kappa shape index (κ2) is 7.18. The lowest BCUT2D eigenvalue weighted by molar-refractivity contribution is 0.0942. The van der Waals surface area contributed by atoms with E-state index < -0.39 is 23.1 Å². The molecule has 0 unspecified atom stereocenters. The number of nitrogens with one attached hydrogen (secondary N) is 1. The number of carbonyl (C=O) groups is 1. The van der Waals surface area contributed by atoms with Gasteiger partial charge in [0.2, 0.25) is 0 Å². The summed E-state index contributed by atoms with van der Waals surface area (Å²) in [7, 11) is 0. The number of thiazole rings is 1. The minimum atomic E-state index is -0.889. The van der Waals surface area contributed by atoms with Crippen LogP contribution >= 0.6 is 11.3 Å². The van der Waals surface area contributed by atoms with Crippen LogP contribution in [0, 0.1) is 11.6 Å². The fourth-order valence-electron chi connectivity index (χ4n) is 2.02. The van der Waals surface area contributed by atoms with Crippen LogP contribution in [0.1, 0.15) is 15.9 Å². The Hall–Kier alpha value is -2.80. The minimum absolute atomic E-state index is 0.143. The van der Waals surface area contributed by atoms with Crippen molar-refractivity contribution >= 4 is 17.2 Å². The quantitative estimate of drug-likeness (QED) is 0.755. The van der Waals surface area contributed by atoms with Gasteiger partial charge in [-0.2, -0.15) is 0 Å². The first kappa shape index (κ1) is 16.1. The molecule has 1 N–H and O–H groups in total. The Labute approximate surface area is 140 Å². The van der Waals surface area contributed by atoms with E-state index in [0.717, 1.165) is 17.7 Å². The van der Waals surface area contributed by atoms with Gasteiger partial charge in [0.15, 0.2) is 0 Å². The van der Waals surface area contributed by atoms with Crippen LogP contribution < -0.4 is 10.1 Å². The van der Waals surface area contributed by atoms with Gasteiger partial charge in [-0.15, -0.1) is 0 Å². The zero-order chi connectivity index (χ0) is 16.9. The number of carbonyl (C=O) groups excluding carboxylic acids is 1. The summed E-state index contributed by atoms with van der Waals surface area (Å²) in [6, 6.07) is 10.3. The molecule has 122 valence electrons. The van der Waals surface area contributed by atoms with Gasteiger partial charge in [-0.25, -0.2) is 13.8 Å². The van der Waals surface area contributed by atoms with E-state index in [0.29, 0.717) is 10.9 Å². The molecular formula is C17H12F2N2O2S. The molecule has 7 heteroatoms. The standard InChI is InChI=1S/C17H12F2N2O2S/c18-13-2-1-3-14(19)15(13)16(22)21-10-11-4-6-12(7-5-11)23-17-20-8-9-24-17/h1-9H,10H2,(H,21,22). The molecule has 0 atom stereocenters. The normalized spacial score (nSPS) is 10.4. The van der Waals surface area contributed by atoms with Crippen molar-refractivity contribution < 1.29 is 18.3 Å². The van der Waals surface area contributed by atoms with Gasteiger partial charge in [0, 0.05) is 18.1 Å². The summed E-state index contributed by atoms with van der Waals surface area (Å²) in [6.45, 7) is 0.143. The molecule has 0 fully saturated rings. The van der Waals surface area contributed by atoms with E-state index in [9.17, 15) is 13.6 Å². The van der Waals surface area contributed by atoms with Gasteiger partial charge in [0.05, 0.1) is 0 Å². The van der Waals surface area contributed by atoms with Crippen LogP contribution in [-0.4, -0.2) is 10.9 Å². The maximum atomic E-state index is 13.5. The maximum Gasteiger partial charge on any atom is 0.278 e. The van der Waals surface area contributed by atoms with Gasteiger partial charge < -0.3 is 10.1 Å². The summed E-state index contributed by atoms with van der Waals surface area (Å²) in [5.74, 6) is -1.96. The van der Waals surface area contributed by atoms with Crippen LogP contribution in [0.15, 0.2) is 54.0 Å². The molecule has 0 bridgehead atoms. The Morgan fingerprint density at radius 2 is 1.83 bits per heavy atom.